The minimum atomic E-state index is -6.09. The molecule has 15 heterocycles. The molecule has 67 nitrogen and oxygen atoms in total. The lowest BCUT2D eigenvalue weighted by molar-refractivity contribution is -0.0661. The maximum atomic E-state index is 14.5. The Labute approximate surface area is 715 Å². The topological polar surface area (TPSA) is 994 Å². The number of imidazole rings is 3. The van der Waals surface area contributed by atoms with Gasteiger partial charge in [-0.3, -0.25) is 106 Å². The summed E-state index contributed by atoms with van der Waals surface area (Å²) in [5.41, 5.74) is 25.4. The van der Waals surface area contributed by atoms with Gasteiger partial charge in [-0.05, 0) is 18.2 Å². The van der Waals surface area contributed by atoms with Crippen molar-refractivity contribution in [3.8, 4) is 0 Å². The summed E-state index contributed by atoms with van der Waals surface area (Å²) in [6, 6.07) is 3.05. The van der Waals surface area contributed by atoms with Crippen molar-refractivity contribution in [2.75, 3.05) is 74.0 Å². The van der Waals surface area contributed by atoms with Crippen LogP contribution in [0.25, 0.3) is 33.5 Å². The van der Waals surface area contributed by atoms with Crippen LogP contribution in [-0.4, -0.2) is 307 Å². The van der Waals surface area contributed by atoms with Gasteiger partial charge < -0.3 is 133 Å². The van der Waals surface area contributed by atoms with Gasteiger partial charge >= 0.3 is 64.0 Å². The van der Waals surface area contributed by atoms with Gasteiger partial charge in [0.25, 0.3) is 16.7 Å². The molecule has 0 spiro atoms. The predicted octanol–water partition coefficient (Wildman–Crippen LogP) is -9.82. The highest BCUT2D eigenvalue weighted by molar-refractivity contribution is 7.48. The Hall–Kier alpha value is -9.37. The molecule has 5 unspecified atom stereocenters. The second kappa shape index (κ2) is 36.5. The van der Waals surface area contributed by atoms with Crippen molar-refractivity contribution < 1.29 is 176 Å². The Balaban J connectivity index is 0.662. The highest BCUT2D eigenvalue weighted by Gasteiger charge is 2.59. The lowest BCUT2D eigenvalue weighted by atomic mass is 10.1. The zero-order valence-corrected chi connectivity index (χ0v) is 70.1. The molecule has 29 atom stereocenters. The molecular formula is C57H74N24O43P6. The standard InChI is InChI=1S/C57H74N24O43P6/c58-22-1-4-76(55(92)67-22)46-29(84)35(119-125(95,96)97)17(114-46)8-108-127(100,101)121-36-18(115-47(30(36)85)77-5-2-23(59)68-56(77)93)9-110-130(106,107)124-39-21(118-51(33(39)88)81-15-66-27-42(81)72-54(63)75-45(27)91)12-112-128(102,103)122-37-19(116-48(31(37)86)78-6-3-24(60)69-57(78)94)10-111-129(104,105)123-38-20(117-50(32(38)87)80-14-65-26-41(80)71-53(62)74-44(26)90)11-109-126(98,99)120-34-16(7-82)113-49(28(34)83)79-13-64-25-40(79)70-52(61)73-43(25)89/h1-6,13-21,28-39,46-51,82-88H,7-12H2,(H,98,99)(H,100,101)(H,102,103)(H,104,105)(H,106,107)(H2,58,67,92)(H2,59,68,93)(H2,60,69,94)(H2,95,96,97)(H3,61,70,73,89)(H3,62,71,74,90)(H3,63,72,75,91)/t16-,17-,18-,19-,20-,21-,28-,29-,30-,31-,32-,33-,34-,35-,36-,37-,38-,39-,46-,47-,48-,49-,50-,51-/m1/s1. The van der Waals surface area contributed by atoms with Crippen LogP contribution in [0.4, 0.5) is 35.3 Å². The molecule has 6 fully saturated rings. The van der Waals surface area contributed by atoms with E-state index in [1.807, 2.05) is 0 Å². The number of nitrogen functional groups attached to an aromatic ring is 6. The fourth-order valence-corrected chi connectivity index (χ4v) is 19.9. The number of aliphatic hydroxyl groups is 7. The molecule has 0 saturated carbocycles. The number of hydrogen-bond acceptors (Lipinski definition) is 51. The zero-order valence-electron chi connectivity index (χ0n) is 64.8. The maximum Gasteiger partial charge on any atom is 0.472 e. The predicted molar refractivity (Wildman–Crippen MR) is 413 cm³/mol. The first-order valence-electron chi connectivity index (χ1n) is 36.9. The van der Waals surface area contributed by atoms with Crippen LogP contribution in [0.2, 0.25) is 0 Å². The maximum absolute atomic E-state index is 14.5. The van der Waals surface area contributed by atoms with Crippen LogP contribution < -0.4 is 68.1 Å². The summed E-state index contributed by atoms with van der Waals surface area (Å²) in [5.74, 6) is -2.62. The van der Waals surface area contributed by atoms with Crippen molar-refractivity contribution in [3.63, 3.8) is 0 Å². The highest BCUT2D eigenvalue weighted by Crippen LogP contribution is 2.57. The van der Waals surface area contributed by atoms with E-state index in [-0.39, 0.29) is 17.0 Å². The fourth-order valence-electron chi connectivity index (χ4n) is 14.5. The second-order valence-electron chi connectivity index (χ2n) is 28.7. The highest BCUT2D eigenvalue weighted by atomic mass is 31.2. The normalized spacial score (nSPS) is 31.9. The average molecular weight is 1970 g/mol. The summed E-state index contributed by atoms with van der Waals surface area (Å²) in [6.45, 7) is -8.22. The van der Waals surface area contributed by atoms with E-state index in [0.29, 0.717) is 13.7 Å². The Morgan fingerprint density at radius 1 is 0.331 bits per heavy atom. The van der Waals surface area contributed by atoms with Crippen LogP contribution in [0.5, 0.6) is 0 Å². The van der Waals surface area contributed by atoms with Crippen molar-refractivity contribution in [1.82, 2.24) is 87.2 Å². The molecular weight excluding hydrogens is 1890 g/mol. The molecule has 0 amide bonds. The molecule has 9 aromatic heterocycles. The van der Waals surface area contributed by atoms with E-state index in [2.05, 4.69) is 64.3 Å². The van der Waals surface area contributed by atoms with E-state index in [9.17, 15) is 126 Å². The molecule has 0 aliphatic carbocycles. The lowest BCUT2D eigenvalue weighted by Gasteiger charge is -2.27. The summed E-state index contributed by atoms with van der Waals surface area (Å²) in [5, 5.41) is 80.7. The van der Waals surface area contributed by atoms with Gasteiger partial charge in [-0.1, -0.05) is 0 Å². The molecule has 0 radical (unpaired) electrons. The van der Waals surface area contributed by atoms with E-state index in [1.165, 1.54) is 0 Å². The summed E-state index contributed by atoms with van der Waals surface area (Å²) in [6.07, 6.45) is -46.7. The van der Waals surface area contributed by atoms with Gasteiger partial charge in [0.05, 0.1) is 58.6 Å². The molecule has 0 aromatic carbocycles. The number of aromatic nitrogens is 18. The van der Waals surface area contributed by atoms with Crippen molar-refractivity contribution in [2.45, 2.75) is 147 Å². The number of aliphatic hydroxyl groups excluding tert-OH is 7. The third kappa shape index (κ3) is 20.0. The second-order valence-corrected chi connectivity index (χ2v) is 36.9. The van der Waals surface area contributed by atoms with Gasteiger partial charge in [-0.25, -0.2) is 56.7 Å². The van der Waals surface area contributed by atoms with Crippen molar-refractivity contribution in [2.24, 2.45) is 0 Å². The van der Waals surface area contributed by atoms with Crippen LogP contribution in [0.3, 0.4) is 0 Å². The quantitative estimate of drug-likeness (QED) is 0.0167. The summed E-state index contributed by atoms with van der Waals surface area (Å²) in [4.78, 5) is 195. The van der Waals surface area contributed by atoms with Crippen LogP contribution in [0.1, 0.15) is 37.4 Å². The average Bonchev–Trinajstić information content (AvgIpc) is 1.61. The third-order valence-corrected chi connectivity index (χ3v) is 25.6. The number of hydrogen-bond donors (Lipinski definition) is 23. The molecule has 73 heteroatoms. The Kier molecular flexibility index (Phi) is 26.8. The smallest absolute Gasteiger partial charge is 0.394 e. The van der Waals surface area contributed by atoms with Gasteiger partial charge in [0.2, 0.25) is 17.8 Å². The van der Waals surface area contributed by atoms with Gasteiger partial charge in [0.1, 0.15) is 127 Å². The molecule has 6 aliphatic heterocycles. The van der Waals surface area contributed by atoms with Crippen molar-refractivity contribution >= 4 is 116 Å². The number of anilines is 6. The van der Waals surface area contributed by atoms with E-state index in [4.69, 9.17) is 108 Å². The zero-order chi connectivity index (χ0) is 93.8. The number of nitrogens with one attached hydrogen (secondary N) is 3. The molecule has 9 aromatic rings. The fraction of sp³-hybridized carbons (Fsp3) is 0.526. The van der Waals surface area contributed by atoms with Gasteiger partial charge in [0, 0.05) is 18.6 Å². The molecule has 710 valence electrons. The summed E-state index contributed by atoms with van der Waals surface area (Å²) >= 11 is 0. The molecule has 6 saturated heterocycles. The van der Waals surface area contributed by atoms with Gasteiger partial charge in [-0.15, -0.1) is 0 Å². The number of fused-ring (bicyclic) bond motifs is 3. The number of rotatable bonds is 34. The molecule has 0 bridgehead atoms. The number of phosphoric ester groups is 6. The minimum Gasteiger partial charge on any atom is -0.394 e. The van der Waals surface area contributed by atoms with Crippen LogP contribution >= 0.6 is 46.9 Å². The van der Waals surface area contributed by atoms with Crippen LogP contribution in [0.15, 0.2) is 84.5 Å². The Bertz CT molecular complexity index is 6470. The minimum absolute atomic E-state index is 0.261. The number of H-pyrrole nitrogens is 3. The number of aromatic amines is 3. The first kappa shape index (κ1) is 95.2. The van der Waals surface area contributed by atoms with Gasteiger partial charge in [-0.2, -0.15) is 29.9 Å². The van der Waals surface area contributed by atoms with E-state index >= 15 is 0 Å². The van der Waals surface area contributed by atoms with E-state index < -0.39 is 319 Å². The van der Waals surface area contributed by atoms with Crippen LogP contribution in [0, 0.1) is 0 Å². The number of phosphoric acid groups is 6. The number of ether oxygens (including phenoxy) is 6. The Morgan fingerprint density at radius 2 is 0.546 bits per heavy atom. The first-order chi connectivity index (χ1) is 61.0. The summed E-state index contributed by atoms with van der Waals surface area (Å²) < 4.78 is 180. The largest absolute Gasteiger partial charge is 0.472 e. The van der Waals surface area contributed by atoms with E-state index in [0.717, 1.165) is 69.5 Å². The molecule has 130 heavy (non-hydrogen) atoms. The van der Waals surface area contributed by atoms with Crippen LogP contribution in [-0.2, 0) is 106 Å². The number of nitrogens with two attached hydrogens (primary N) is 6. The van der Waals surface area contributed by atoms with Gasteiger partial charge in [0.15, 0.2) is 70.9 Å². The SMILES string of the molecule is Nc1ccn([C@@H]2O[C@H](COP(=O)(O)O[C@H]3[C@@H](O)[C@H](n4ccc(N)nc4=O)O[C@@H]3COP(=O)(O)O[C@H]3[C@@H](O)[C@H](n4cnc5c(=O)[nH]c(N)nc54)O[C@@H]3COP(=O)(O)O[C@H]3[C@@H](O)[C@H](n4ccc(N)nc4=O)O[C@@H]3COP(=O)(O)O[C@H]3[C@@H](O)[C@H](n4cnc5c(=O)[nH]c(N)nc54)O[C@@H]3COP(=O)(O)O[C@H]3[C@@H](O)[C@H](n4cnc5c(=O)[nH]c(N)nc54)O[C@@H]3CO)[C@@H](OP(=O)(O)O)[C@H]2O)c(=O)n1. The first-order valence-corrected chi connectivity index (χ1v) is 45.9. The lowest BCUT2D eigenvalue weighted by Crippen LogP contribution is -2.39. The van der Waals surface area contributed by atoms with E-state index in [1.54, 1.807) is 0 Å². The van der Waals surface area contributed by atoms with Crippen molar-refractivity contribution in [1.29, 1.82) is 0 Å². The molecule has 29 N–H and O–H groups in total. The Morgan fingerprint density at radius 3 is 0.769 bits per heavy atom. The molecule has 6 aliphatic rings. The monoisotopic (exact) mass is 1970 g/mol. The van der Waals surface area contributed by atoms with Crippen molar-refractivity contribution in [3.05, 3.63) is 118 Å². The summed E-state index contributed by atoms with van der Waals surface area (Å²) in [7, 11) is -35.3. The third-order valence-electron chi connectivity index (χ3n) is 20.1. The molecule has 15 rings (SSSR count). The number of nitrogens with zero attached hydrogens (tertiary/aromatic N) is 15.